The van der Waals surface area contributed by atoms with Gasteiger partial charge >= 0.3 is 0 Å². The minimum atomic E-state index is -0.295. The summed E-state index contributed by atoms with van der Waals surface area (Å²) in [5.74, 6) is 0.0931. The molecule has 2 N–H and O–H groups in total. The molecule has 0 saturated heterocycles. The number of nitrogens with one attached hydrogen (secondary N) is 2. The molecule has 8 heteroatoms. The first-order chi connectivity index (χ1) is 9.72. The summed E-state index contributed by atoms with van der Waals surface area (Å²) in [5.41, 5.74) is 4.53. The van der Waals surface area contributed by atoms with Crippen molar-refractivity contribution >= 4 is 34.8 Å². The van der Waals surface area contributed by atoms with Gasteiger partial charge in [0.15, 0.2) is 17.0 Å². The Hall–Kier alpha value is -2.54. The summed E-state index contributed by atoms with van der Waals surface area (Å²) in [6.07, 6.45) is 3.03. The summed E-state index contributed by atoms with van der Waals surface area (Å²) in [5, 5.41) is 4.10. The molecule has 0 bridgehead atoms. The number of hydrogen-bond donors (Lipinski definition) is 2. The zero-order chi connectivity index (χ0) is 13.9. The third-order valence-electron chi connectivity index (χ3n) is 2.51. The monoisotopic (exact) mass is 290 g/mol. The molecule has 0 amide bonds. The molecule has 1 aromatic carbocycles. The Bertz CT molecular complexity index is 767. The van der Waals surface area contributed by atoms with Crippen molar-refractivity contribution in [1.82, 2.24) is 19.9 Å². The Labute approximate surface area is 117 Å². The van der Waals surface area contributed by atoms with Crippen molar-refractivity contribution in [1.29, 1.82) is 0 Å². The van der Waals surface area contributed by atoms with Crippen LogP contribution in [-0.4, -0.2) is 26.2 Å². The fourth-order valence-corrected chi connectivity index (χ4v) is 1.77. The number of imidazole rings is 1. The Kier molecular flexibility index (Phi) is 3.26. The van der Waals surface area contributed by atoms with Crippen LogP contribution in [0.3, 0.4) is 0 Å². The van der Waals surface area contributed by atoms with Gasteiger partial charge in [0.25, 0.3) is 0 Å². The van der Waals surface area contributed by atoms with E-state index in [4.69, 9.17) is 11.6 Å². The molecule has 0 aliphatic rings. The van der Waals surface area contributed by atoms with E-state index >= 15 is 0 Å². The van der Waals surface area contributed by atoms with Crippen LogP contribution in [0.15, 0.2) is 35.7 Å². The number of halogens is 2. The molecule has 0 aliphatic carbocycles. The lowest BCUT2D eigenvalue weighted by Crippen LogP contribution is -1.97. The highest BCUT2D eigenvalue weighted by Crippen LogP contribution is 2.18. The number of nitrogens with zero attached hydrogens (tertiary/aromatic N) is 4. The third-order valence-corrected chi connectivity index (χ3v) is 2.67. The van der Waals surface area contributed by atoms with E-state index < -0.39 is 0 Å². The molecule has 0 aliphatic heterocycles. The summed E-state index contributed by atoms with van der Waals surface area (Å²) in [6.45, 7) is 0. The zero-order valence-electron chi connectivity index (χ0n) is 10.0. The van der Waals surface area contributed by atoms with Gasteiger partial charge in [0, 0.05) is 0 Å². The number of H-pyrrole nitrogens is 1. The molecule has 0 spiro atoms. The Morgan fingerprint density at radius 3 is 2.85 bits per heavy atom. The van der Waals surface area contributed by atoms with Crippen molar-refractivity contribution < 1.29 is 4.39 Å². The molecule has 2 heterocycles. The fraction of sp³-hybridized carbons (Fsp3) is 0. The first-order valence-corrected chi connectivity index (χ1v) is 6.01. The van der Waals surface area contributed by atoms with E-state index in [9.17, 15) is 4.39 Å². The molecule has 0 radical (unpaired) electrons. The molecule has 2 aromatic heterocycles. The SMILES string of the molecule is Fc1ccc(C=NNc2nc(Cl)nc3[nH]cnc23)cc1. The number of aromatic amines is 1. The normalized spacial score (nSPS) is 11.3. The zero-order valence-corrected chi connectivity index (χ0v) is 10.8. The molecule has 0 fully saturated rings. The van der Waals surface area contributed by atoms with Crippen molar-refractivity contribution in [3.05, 3.63) is 47.3 Å². The second kappa shape index (κ2) is 5.22. The molecule has 3 rings (SSSR count). The van der Waals surface area contributed by atoms with Crippen LogP contribution in [0.25, 0.3) is 11.2 Å². The molecule has 3 aromatic rings. The smallest absolute Gasteiger partial charge is 0.226 e. The van der Waals surface area contributed by atoms with Crippen LogP contribution >= 0.6 is 11.6 Å². The number of benzene rings is 1. The lowest BCUT2D eigenvalue weighted by molar-refractivity contribution is 0.628. The van der Waals surface area contributed by atoms with Gasteiger partial charge in [-0.3, -0.25) is 5.43 Å². The largest absolute Gasteiger partial charge is 0.329 e. The van der Waals surface area contributed by atoms with Crippen molar-refractivity contribution in [3.63, 3.8) is 0 Å². The molecule has 6 nitrogen and oxygen atoms in total. The van der Waals surface area contributed by atoms with E-state index in [1.54, 1.807) is 12.1 Å². The van der Waals surface area contributed by atoms with Crippen molar-refractivity contribution in [2.45, 2.75) is 0 Å². The topological polar surface area (TPSA) is 78.9 Å². The maximum Gasteiger partial charge on any atom is 0.226 e. The van der Waals surface area contributed by atoms with Crippen molar-refractivity contribution in [3.8, 4) is 0 Å². The Morgan fingerprint density at radius 1 is 1.25 bits per heavy atom. The van der Waals surface area contributed by atoms with E-state index in [2.05, 4.69) is 30.5 Å². The number of anilines is 1. The number of hydrogen-bond acceptors (Lipinski definition) is 5. The summed E-state index contributed by atoms with van der Waals surface area (Å²) < 4.78 is 12.8. The first-order valence-electron chi connectivity index (χ1n) is 5.63. The molecular weight excluding hydrogens is 283 g/mol. The first kappa shape index (κ1) is 12.5. The van der Waals surface area contributed by atoms with Gasteiger partial charge < -0.3 is 4.98 Å². The highest BCUT2D eigenvalue weighted by atomic mass is 35.5. The van der Waals surface area contributed by atoms with Crippen LogP contribution in [0, 0.1) is 5.82 Å². The molecule has 0 saturated carbocycles. The lowest BCUT2D eigenvalue weighted by atomic mass is 10.2. The van der Waals surface area contributed by atoms with E-state index in [1.165, 1.54) is 24.7 Å². The maximum absolute atomic E-state index is 12.8. The minimum Gasteiger partial charge on any atom is -0.329 e. The number of fused-ring (bicyclic) bond motifs is 1. The van der Waals surface area contributed by atoms with E-state index in [-0.39, 0.29) is 11.1 Å². The fourth-order valence-electron chi connectivity index (χ4n) is 1.60. The van der Waals surface area contributed by atoms with Crippen LogP contribution in [0.4, 0.5) is 10.2 Å². The maximum atomic E-state index is 12.8. The second-order valence-electron chi connectivity index (χ2n) is 3.86. The predicted molar refractivity (Wildman–Crippen MR) is 74.3 cm³/mol. The third kappa shape index (κ3) is 2.57. The van der Waals surface area contributed by atoms with Gasteiger partial charge in [-0.15, -0.1) is 0 Å². The van der Waals surface area contributed by atoms with Crippen LogP contribution in [0.2, 0.25) is 5.28 Å². The molecule has 100 valence electrons. The van der Waals surface area contributed by atoms with Crippen LogP contribution in [-0.2, 0) is 0 Å². The predicted octanol–water partition coefficient (Wildman–Crippen LogP) is 2.59. The van der Waals surface area contributed by atoms with Gasteiger partial charge in [0.1, 0.15) is 5.82 Å². The van der Waals surface area contributed by atoms with Gasteiger partial charge in [-0.1, -0.05) is 12.1 Å². The van der Waals surface area contributed by atoms with Gasteiger partial charge in [0.2, 0.25) is 5.28 Å². The van der Waals surface area contributed by atoms with Crippen molar-refractivity contribution in [2.75, 3.05) is 5.43 Å². The molecule has 20 heavy (non-hydrogen) atoms. The summed E-state index contributed by atoms with van der Waals surface area (Å²) >= 11 is 5.79. The van der Waals surface area contributed by atoms with E-state index in [0.717, 1.165) is 5.56 Å². The molecule has 0 unspecified atom stereocenters. The molecular formula is C12H8ClFN6. The Morgan fingerprint density at radius 2 is 2.05 bits per heavy atom. The number of hydrazone groups is 1. The number of aromatic nitrogens is 4. The van der Waals surface area contributed by atoms with Gasteiger partial charge in [-0.2, -0.15) is 15.1 Å². The van der Waals surface area contributed by atoms with Gasteiger partial charge in [-0.25, -0.2) is 9.37 Å². The quantitative estimate of drug-likeness (QED) is 0.441. The molecule has 0 atom stereocenters. The average molecular weight is 291 g/mol. The summed E-state index contributed by atoms with van der Waals surface area (Å²) in [7, 11) is 0. The van der Waals surface area contributed by atoms with Crippen molar-refractivity contribution in [2.24, 2.45) is 5.10 Å². The highest BCUT2D eigenvalue weighted by molar-refractivity contribution is 6.28. The van der Waals surface area contributed by atoms with E-state index in [0.29, 0.717) is 17.0 Å². The standard InChI is InChI=1S/C12H8ClFN6/c13-12-18-10-9(15-6-16-10)11(19-12)20-17-5-7-1-3-8(14)4-2-7/h1-6H,(H2,15,16,18,19,20). The van der Waals surface area contributed by atoms with E-state index in [1.807, 2.05) is 0 Å². The van der Waals surface area contributed by atoms with Crippen LogP contribution in [0.5, 0.6) is 0 Å². The number of rotatable bonds is 3. The Balaban J connectivity index is 1.83. The average Bonchev–Trinajstić information content (AvgIpc) is 2.89. The van der Waals surface area contributed by atoms with Gasteiger partial charge in [0.05, 0.1) is 12.5 Å². The van der Waals surface area contributed by atoms with Gasteiger partial charge in [-0.05, 0) is 29.3 Å². The highest BCUT2D eigenvalue weighted by Gasteiger charge is 2.07. The van der Waals surface area contributed by atoms with Crippen LogP contribution < -0.4 is 5.43 Å². The lowest BCUT2D eigenvalue weighted by Gasteiger charge is -2.00. The minimum absolute atomic E-state index is 0.0845. The van der Waals surface area contributed by atoms with Crippen LogP contribution in [0.1, 0.15) is 5.56 Å². The summed E-state index contributed by atoms with van der Waals surface area (Å²) in [6, 6.07) is 5.93. The summed E-state index contributed by atoms with van der Waals surface area (Å²) in [4.78, 5) is 14.9. The second-order valence-corrected chi connectivity index (χ2v) is 4.20.